The molecule has 9 aromatic rings. The van der Waals surface area contributed by atoms with Crippen molar-refractivity contribution in [1.82, 2.24) is 9.13 Å². The van der Waals surface area contributed by atoms with Crippen molar-refractivity contribution in [3.8, 4) is 51.8 Å². The normalized spacial score (nSPS) is 11.0. The highest BCUT2D eigenvalue weighted by molar-refractivity contribution is 6.18. The number of aromatic nitrogens is 2. The number of hydrogen-bond acceptors (Lipinski definition) is 3. The first kappa shape index (κ1) is 30.2. The third-order valence-electron chi connectivity index (χ3n) is 9.86. The van der Waals surface area contributed by atoms with E-state index < -0.39 is 0 Å². The Morgan fingerprint density at radius 1 is 0.442 bits per heavy atom. The Balaban J connectivity index is 1.47. The Hall–Kier alpha value is -7.90. The average molecular weight is 661 g/mol. The van der Waals surface area contributed by atoms with E-state index in [0.717, 1.165) is 66.1 Å². The number of nitriles is 3. The van der Waals surface area contributed by atoms with E-state index >= 15 is 0 Å². The highest BCUT2D eigenvalue weighted by atomic mass is 15.0. The maximum atomic E-state index is 10.3. The van der Waals surface area contributed by atoms with Crippen molar-refractivity contribution in [1.29, 1.82) is 15.8 Å². The van der Waals surface area contributed by atoms with Gasteiger partial charge in [0.1, 0.15) is 0 Å². The van der Waals surface area contributed by atoms with Gasteiger partial charge < -0.3 is 9.13 Å². The molecule has 0 atom stereocenters. The highest BCUT2D eigenvalue weighted by Crippen LogP contribution is 2.46. The van der Waals surface area contributed by atoms with Gasteiger partial charge in [-0.15, -0.1) is 0 Å². The lowest BCUT2D eigenvalue weighted by Gasteiger charge is -2.17. The van der Waals surface area contributed by atoms with Crippen LogP contribution in [0.4, 0.5) is 5.69 Å². The molecule has 0 aliphatic rings. The first-order valence-corrected chi connectivity index (χ1v) is 16.7. The summed E-state index contributed by atoms with van der Waals surface area (Å²) in [7, 11) is 0. The molecule has 0 fully saturated rings. The molecule has 0 radical (unpaired) electrons. The molecule has 0 N–H and O–H groups in total. The van der Waals surface area contributed by atoms with Crippen LogP contribution in [0.2, 0.25) is 0 Å². The minimum Gasteiger partial charge on any atom is -0.309 e. The smallest absolute Gasteiger partial charge is 0.196 e. The quantitative estimate of drug-likeness (QED) is 0.176. The first-order valence-electron chi connectivity index (χ1n) is 16.7. The second-order valence-corrected chi connectivity index (χ2v) is 12.5. The van der Waals surface area contributed by atoms with Crippen molar-refractivity contribution in [3.05, 3.63) is 174 Å². The van der Waals surface area contributed by atoms with E-state index in [1.165, 1.54) is 0 Å². The summed E-state index contributed by atoms with van der Waals surface area (Å²) in [5, 5.41) is 35.0. The van der Waals surface area contributed by atoms with Crippen molar-refractivity contribution in [2.24, 2.45) is 0 Å². The third kappa shape index (κ3) is 4.33. The van der Waals surface area contributed by atoms with Crippen LogP contribution in [0.15, 0.2) is 146 Å². The fourth-order valence-corrected chi connectivity index (χ4v) is 7.79. The summed E-state index contributed by atoms with van der Waals surface area (Å²) < 4.78 is 4.44. The molecule has 6 nitrogen and oxygen atoms in total. The molecule has 0 bridgehead atoms. The van der Waals surface area contributed by atoms with E-state index in [1.807, 2.05) is 54.6 Å². The third-order valence-corrected chi connectivity index (χ3v) is 9.86. The molecule has 0 saturated heterocycles. The predicted octanol–water partition coefficient (Wildman–Crippen LogP) is 11.4. The van der Waals surface area contributed by atoms with Crippen molar-refractivity contribution >= 4 is 49.3 Å². The van der Waals surface area contributed by atoms with Gasteiger partial charge in [0.05, 0.1) is 58.0 Å². The molecular formula is C46H24N6. The lowest BCUT2D eigenvalue weighted by molar-refractivity contribution is 1.13. The minimum absolute atomic E-state index is 0.379. The molecule has 0 aliphatic heterocycles. The van der Waals surface area contributed by atoms with Crippen LogP contribution in [0.3, 0.4) is 0 Å². The molecular weight excluding hydrogens is 637 g/mol. The zero-order valence-corrected chi connectivity index (χ0v) is 27.5. The number of nitrogens with zero attached hydrogens (tertiary/aromatic N) is 6. The zero-order valence-electron chi connectivity index (χ0n) is 27.5. The molecule has 0 aliphatic carbocycles. The van der Waals surface area contributed by atoms with Gasteiger partial charge in [-0.3, -0.25) is 0 Å². The fourth-order valence-electron chi connectivity index (χ4n) is 7.79. The van der Waals surface area contributed by atoms with Gasteiger partial charge >= 0.3 is 0 Å². The molecule has 2 aromatic heterocycles. The van der Waals surface area contributed by atoms with Gasteiger partial charge in [-0.05, 0) is 54.1 Å². The zero-order chi connectivity index (χ0) is 35.3. The van der Waals surface area contributed by atoms with Gasteiger partial charge in [-0.2, -0.15) is 15.8 Å². The lowest BCUT2D eigenvalue weighted by atomic mass is 9.93. The second kappa shape index (κ2) is 11.9. The Morgan fingerprint density at radius 2 is 0.885 bits per heavy atom. The van der Waals surface area contributed by atoms with Crippen molar-refractivity contribution < 1.29 is 0 Å². The monoisotopic (exact) mass is 660 g/mol. The van der Waals surface area contributed by atoms with Crippen LogP contribution in [0, 0.1) is 40.6 Å². The molecule has 7 aromatic carbocycles. The molecule has 6 heteroatoms. The van der Waals surface area contributed by atoms with Crippen LogP contribution in [-0.4, -0.2) is 9.13 Å². The van der Waals surface area contributed by atoms with Crippen LogP contribution in [-0.2, 0) is 0 Å². The largest absolute Gasteiger partial charge is 0.309 e. The van der Waals surface area contributed by atoms with Gasteiger partial charge in [-0.25, -0.2) is 4.85 Å². The van der Waals surface area contributed by atoms with Gasteiger partial charge in [0.15, 0.2) is 5.69 Å². The lowest BCUT2D eigenvalue weighted by Crippen LogP contribution is -2.01. The van der Waals surface area contributed by atoms with Crippen molar-refractivity contribution in [2.75, 3.05) is 0 Å². The minimum atomic E-state index is 0.379. The van der Waals surface area contributed by atoms with Crippen LogP contribution < -0.4 is 0 Å². The van der Waals surface area contributed by atoms with E-state index in [2.05, 4.69) is 86.8 Å². The molecule has 52 heavy (non-hydrogen) atoms. The van der Waals surface area contributed by atoms with E-state index in [4.69, 9.17) is 6.57 Å². The van der Waals surface area contributed by atoms with Crippen LogP contribution in [0.1, 0.15) is 16.7 Å². The SMILES string of the molecule is [C-]#[N+]c1cccc(C#N)c1-c1cccc2c3cccc(-c4c(C#N)cccc4C#N)c3n(-c3cccc(-n4c5ccccc5c5ccccc54)c3)c12. The number of fused-ring (bicyclic) bond motifs is 6. The van der Waals surface area contributed by atoms with Gasteiger partial charge in [-0.1, -0.05) is 97.1 Å². The number of benzene rings is 7. The Bertz CT molecular complexity index is 2880. The van der Waals surface area contributed by atoms with Gasteiger partial charge in [0, 0.05) is 55.2 Å². The van der Waals surface area contributed by atoms with E-state index in [0.29, 0.717) is 33.5 Å². The highest BCUT2D eigenvalue weighted by Gasteiger charge is 2.24. The van der Waals surface area contributed by atoms with Crippen molar-refractivity contribution in [3.63, 3.8) is 0 Å². The maximum Gasteiger partial charge on any atom is 0.196 e. The summed E-state index contributed by atoms with van der Waals surface area (Å²) in [5.41, 5.74) is 9.72. The molecule has 2 heterocycles. The predicted molar refractivity (Wildman–Crippen MR) is 206 cm³/mol. The summed E-state index contributed by atoms with van der Waals surface area (Å²) in [6.07, 6.45) is 0. The van der Waals surface area contributed by atoms with Gasteiger partial charge in [0.25, 0.3) is 0 Å². The van der Waals surface area contributed by atoms with Gasteiger partial charge in [0.2, 0.25) is 0 Å². The van der Waals surface area contributed by atoms with Crippen LogP contribution >= 0.6 is 0 Å². The summed E-state index contributed by atoms with van der Waals surface area (Å²) in [6.45, 7) is 8.06. The molecule has 0 unspecified atom stereocenters. The molecule has 0 amide bonds. The average Bonchev–Trinajstić information content (AvgIpc) is 3.73. The molecule has 238 valence electrons. The number of rotatable bonds is 4. The van der Waals surface area contributed by atoms with Crippen molar-refractivity contribution in [2.45, 2.75) is 0 Å². The summed E-state index contributed by atoms with van der Waals surface area (Å²) in [6, 6.07) is 54.4. The number of hydrogen-bond donors (Lipinski definition) is 0. The summed E-state index contributed by atoms with van der Waals surface area (Å²) in [5.74, 6) is 0. The maximum absolute atomic E-state index is 10.3. The van der Waals surface area contributed by atoms with Crippen LogP contribution in [0.25, 0.3) is 82.1 Å². The van der Waals surface area contributed by atoms with E-state index in [1.54, 1.807) is 36.4 Å². The molecule has 0 spiro atoms. The Morgan fingerprint density at radius 3 is 1.44 bits per heavy atom. The first-order chi connectivity index (χ1) is 25.7. The molecule has 9 rings (SSSR count). The number of para-hydroxylation sites is 4. The van der Waals surface area contributed by atoms with Crippen LogP contribution in [0.5, 0.6) is 0 Å². The standard InChI is InChI=1S/C46H24N6/c1-50-40-22-7-13-31(28-49)44(40)39-21-10-19-37-36-18-9-20-38(43-29(26-47)11-6-12-30(43)27-48)45(36)52(46(37)39)33-15-8-14-32(25-33)51-41-23-4-2-16-34(41)35-17-3-5-24-42(35)51/h2-25H. The Labute approximate surface area is 298 Å². The fraction of sp³-hybridized carbons (Fsp3) is 0. The van der Waals surface area contributed by atoms with E-state index in [-0.39, 0.29) is 0 Å². The van der Waals surface area contributed by atoms with E-state index in [9.17, 15) is 15.8 Å². The topological polar surface area (TPSA) is 85.6 Å². The second-order valence-electron chi connectivity index (χ2n) is 12.5. The molecule has 0 saturated carbocycles. The summed E-state index contributed by atoms with van der Waals surface area (Å²) >= 11 is 0. The summed E-state index contributed by atoms with van der Waals surface area (Å²) in [4.78, 5) is 3.85. The Kier molecular flexibility index (Phi) is 6.91.